The van der Waals surface area contributed by atoms with Crippen LogP contribution >= 0.6 is 0 Å². The molecule has 0 saturated heterocycles. The Hall–Kier alpha value is -2.11. The second kappa shape index (κ2) is 5.69. The van der Waals surface area contributed by atoms with Crippen molar-refractivity contribution in [1.82, 2.24) is 9.97 Å². The minimum atomic E-state index is -0.802. The first-order valence-electron chi connectivity index (χ1n) is 6.21. The van der Waals surface area contributed by atoms with E-state index in [-0.39, 0.29) is 12.1 Å². The number of aromatic nitrogens is 2. The molecule has 2 atom stereocenters. The maximum absolute atomic E-state index is 10.8. The molecular formula is C13H17N3O3. The zero-order valence-corrected chi connectivity index (χ0v) is 10.9. The van der Waals surface area contributed by atoms with Gasteiger partial charge in [0.15, 0.2) is 0 Å². The van der Waals surface area contributed by atoms with Crippen LogP contribution in [0.25, 0.3) is 0 Å². The summed E-state index contributed by atoms with van der Waals surface area (Å²) in [6.07, 6.45) is 7.24. The van der Waals surface area contributed by atoms with E-state index < -0.39 is 11.9 Å². The fraction of sp³-hybridized carbons (Fsp3) is 0.462. The summed E-state index contributed by atoms with van der Waals surface area (Å²) in [4.78, 5) is 19.2. The molecule has 2 unspecified atom stereocenters. The van der Waals surface area contributed by atoms with Gasteiger partial charge in [-0.25, -0.2) is 0 Å². The summed E-state index contributed by atoms with van der Waals surface area (Å²) in [6, 6.07) is -0.0373. The van der Waals surface area contributed by atoms with Crippen molar-refractivity contribution in [3.63, 3.8) is 0 Å². The van der Waals surface area contributed by atoms with Gasteiger partial charge in [-0.1, -0.05) is 12.2 Å². The van der Waals surface area contributed by atoms with Crippen molar-refractivity contribution >= 4 is 11.8 Å². The van der Waals surface area contributed by atoms with Gasteiger partial charge in [0.05, 0.1) is 24.4 Å². The highest BCUT2D eigenvalue weighted by atomic mass is 16.5. The summed E-state index contributed by atoms with van der Waals surface area (Å²) in [5.74, 6) is -0.195. The number of carboxylic acids is 1. The van der Waals surface area contributed by atoms with E-state index in [0.717, 1.165) is 0 Å². The van der Waals surface area contributed by atoms with Crippen LogP contribution in [0, 0.1) is 5.92 Å². The Morgan fingerprint density at radius 3 is 2.89 bits per heavy atom. The molecule has 2 rings (SSSR count). The molecular weight excluding hydrogens is 246 g/mol. The Balaban J connectivity index is 1.97. The van der Waals surface area contributed by atoms with Crippen molar-refractivity contribution in [2.45, 2.75) is 32.4 Å². The van der Waals surface area contributed by atoms with E-state index in [2.05, 4.69) is 15.3 Å². The van der Waals surface area contributed by atoms with Crippen molar-refractivity contribution in [3.05, 3.63) is 24.5 Å². The van der Waals surface area contributed by atoms with E-state index in [9.17, 15) is 4.79 Å². The second-order valence-corrected chi connectivity index (χ2v) is 4.73. The van der Waals surface area contributed by atoms with Crippen LogP contribution < -0.4 is 10.1 Å². The van der Waals surface area contributed by atoms with Gasteiger partial charge in [-0.3, -0.25) is 9.78 Å². The Morgan fingerprint density at radius 1 is 1.47 bits per heavy atom. The SMILES string of the molecule is CC(C)Oc1cncc(NC2C=CC(C(=O)O)C2)n1. The molecule has 102 valence electrons. The molecule has 0 aliphatic heterocycles. The molecule has 1 aliphatic carbocycles. The van der Waals surface area contributed by atoms with Crippen molar-refractivity contribution in [2.24, 2.45) is 5.92 Å². The molecule has 6 heteroatoms. The topological polar surface area (TPSA) is 84.3 Å². The van der Waals surface area contributed by atoms with Crippen LogP contribution in [0.5, 0.6) is 5.88 Å². The van der Waals surface area contributed by atoms with Gasteiger partial charge < -0.3 is 15.2 Å². The molecule has 0 radical (unpaired) electrons. The van der Waals surface area contributed by atoms with Gasteiger partial charge in [-0.05, 0) is 20.3 Å². The lowest BCUT2D eigenvalue weighted by atomic mass is 10.1. The van der Waals surface area contributed by atoms with Gasteiger partial charge in [0.25, 0.3) is 0 Å². The summed E-state index contributed by atoms with van der Waals surface area (Å²) in [5.41, 5.74) is 0. The largest absolute Gasteiger partial charge is 0.481 e. The molecule has 6 nitrogen and oxygen atoms in total. The molecule has 0 saturated carbocycles. The van der Waals surface area contributed by atoms with Gasteiger partial charge in [0.2, 0.25) is 5.88 Å². The van der Waals surface area contributed by atoms with Crippen molar-refractivity contribution in [2.75, 3.05) is 5.32 Å². The molecule has 0 bridgehead atoms. The van der Waals surface area contributed by atoms with E-state index in [1.807, 2.05) is 19.9 Å². The number of nitrogens with one attached hydrogen (secondary N) is 1. The lowest BCUT2D eigenvalue weighted by Crippen LogP contribution is -2.19. The predicted molar refractivity (Wildman–Crippen MR) is 70.1 cm³/mol. The molecule has 1 heterocycles. The molecule has 1 aliphatic rings. The number of carbonyl (C=O) groups is 1. The average Bonchev–Trinajstić information content (AvgIpc) is 2.77. The minimum absolute atomic E-state index is 0.0346. The Labute approximate surface area is 111 Å². The molecule has 19 heavy (non-hydrogen) atoms. The van der Waals surface area contributed by atoms with Crippen LogP contribution in [0.1, 0.15) is 20.3 Å². The number of anilines is 1. The number of aliphatic carboxylic acids is 1. The fourth-order valence-electron chi connectivity index (χ4n) is 1.89. The molecule has 0 amide bonds. The Morgan fingerprint density at radius 2 is 2.26 bits per heavy atom. The van der Waals surface area contributed by atoms with Gasteiger partial charge in [-0.2, -0.15) is 4.98 Å². The number of hydrogen-bond donors (Lipinski definition) is 2. The van der Waals surface area contributed by atoms with Crippen LogP contribution in [-0.2, 0) is 4.79 Å². The number of rotatable bonds is 5. The highest BCUT2D eigenvalue weighted by Gasteiger charge is 2.24. The molecule has 1 aromatic heterocycles. The van der Waals surface area contributed by atoms with E-state index in [1.165, 1.54) is 0 Å². The smallest absolute Gasteiger partial charge is 0.310 e. The Bertz CT molecular complexity index is 488. The third-order valence-corrected chi connectivity index (χ3v) is 2.70. The van der Waals surface area contributed by atoms with E-state index in [4.69, 9.17) is 9.84 Å². The maximum Gasteiger partial charge on any atom is 0.310 e. The molecule has 2 N–H and O–H groups in total. The monoisotopic (exact) mass is 263 g/mol. The fourth-order valence-corrected chi connectivity index (χ4v) is 1.89. The first-order chi connectivity index (χ1) is 9.04. The average molecular weight is 263 g/mol. The van der Waals surface area contributed by atoms with E-state index in [0.29, 0.717) is 18.1 Å². The summed E-state index contributed by atoms with van der Waals surface area (Å²) >= 11 is 0. The number of hydrogen-bond acceptors (Lipinski definition) is 5. The number of ether oxygens (including phenoxy) is 1. The van der Waals surface area contributed by atoms with E-state index in [1.54, 1.807) is 18.5 Å². The second-order valence-electron chi connectivity index (χ2n) is 4.73. The van der Waals surface area contributed by atoms with Crippen LogP contribution in [0.4, 0.5) is 5.82 Å². The first-order valence-corrected chi connectivity index (χ1v) is 6.21. The molecule has 1 aromatic rings. The lowest BCUT2D eigenvalue weighted by Gasteiger charge is -2.14. The van der Waals surface area contributed by atoms with Gasteiger partial charge in [0.1, 0.15) is 5.82 Å². The zero-order valence-electron chi connectivity index (χ0n) is 10.9. The molecule has 0 fully saturated rings. The van der Waals surface area contributed by atoms with Crippen LogP contribution in [-0.4, -0.2) is 33.2 Å². The summed E-state index contributed by atoms with van der Waals surface area (Å²) in [5, 5.41) is 12.0. The maximum atomic E-state index is 10.8. The van der Waals surface area contributed by atoms with Crippen LogP contribution in [0.15, 0.2) is 24.5 Å². The highest BCUT2D eigenvalue weighted by Crippen LogP contribution is 2.21. The van der Waals surface area contributed by atoms with Crippen molar-refractivity contribution in [1.29, 1.82) is 0 Å². The number of carboxylic acid groups (broad SMARTS) is 1. The molecule has 0 aromatic carbocycles. The summed E-state index contributed by atoms with van der Waals surface area (Å²) in [7, 11) is 0. The van der Waals surface area contributed by atoms with Gasteiger partial charge in [-0.15, -0.1) is 0 Å². The third kappa shape index (κ3) is 3.67. The predicted octanol–water partition coefficient (Wildman–Crippen LogP) is 1.70. The zero-order chi connectivity index (χ0) is 13.8. The summed E-state index contributed by atoms with van der Waals surface area (Å²) < 4.78 is 5.45. The van der Waals surface area contributed by atoms with Crippen LogP contribution in [0.3, 0.4) is 0 Å². The number of nitrogens with zero attached hydrogens (tertiary/aromatic N) is 2. The lowest BCUT2D eigenvalue weighted by molar-refractivity contribution is -0.140. The minimum Gasteiger partial charge on any atom is -0.481 e. The standard InChI is InChI=1S/C13H17N3O3/c1-8(2)19-12-7-14-6-11(16-12)15-10-4-3-9(5-10)13(17)18/h3-4,6-10H,5H2,1-2H3,(H,15,16)(H,17,18). The summed E-state index contributed by atoms with van der Waals surface area (Å²) in [6.45, 7) is 3.83. The van der Waals surface area contributed by atoms with Gasteiger partial charge >= 0.3 is 5.97 Å². The van der Waals surface area contributed by atoms with Crippen molar-refractivity contribution in [3.8, 4) is 5.88 Å². The first kappa shape index (κ1) is 13.3. The molecule has 0 spiro atoms. The third-order valence-electron chi connectivity index (χ3n) is 2.70. The van der Waals surface area contributed by atoms with E-state index >= 15 is 0 Å². The normalized spacial score (nSPS) is 21.6. The quantitative estimate of drug-likeness (QED) is 0.787. The Kier molecular flexibility index (Phi) is 3.99. The highest BCUT2D eigenvalue weighted by molar-refractivity contribution is 5.73. The van der Waals surface area contributed by atoms with Crippen LogP contribution in [0.2, 0.25) is 0 Å². The van der Waals surface area contributed by atoms with Crippen molar-refractivity contribution < 1.29 is 14.6 Å². The van der Waals surface area contributed by atoms with Gasteiger partial charge in [0, 0.05) is 6.04 Å².